The van der Waals surface area contributed by atoms with E-state index in [1.807, 2.05) is 31.2 Å². The lowest BCUT2D eigenvalue weighted by Crippen LogP contribution is -2.09. The monoisotopic (exact) mass is 482 g/mol. The number of hydrogen-bond donors (Lipinski definition) is 0. The van der Waals surface area contributed by atoms with Gasteiger partial charge < -0.3 is 18.6 Å². The number of carbonyl (C=O) groups is 1. The Labute approximate surface area is 201 Å². The van der Waals surface area contributed by atoms with Gasteiger partial charge in [0.15, 0.2) is 5.69 Å². The van der Waals surface area contributed by atoms with Crippen LogP contribution < -0.4 is 9.47 Å². The zero-order chi connectivity index (χ0) is 24.2. The highest BCUT2D eigenvalue weighted by Crippen LogP contribution is 2.31. The predicted molar refractivity (Wildman–Crippen MR) is 125 cm³/mol. The number of carbonyl (C=O) groups excluding carboxylic acids is 1. The molecule has 0 aliphatic rings. The molecule has 4 aromatic rings. The zero-order valence-electron chi connectivity index (χ0n) is 19.2. The van der Waals surface area contributed by atoms with Crippen molar-refractivity contribution in [3.63, 3.8) is 0 Å². The molecular weight excluding hydrogens is 460 g/mol. The summed E-state index contributed by atoms with van der Waals surface area (Å²) < 4.78 is 23.6. The number of hydrogen-bond acceptors (Lipinski definition) is 8. The van der Waals surface area contributed by atoms with Gasteiger partial charge in [-0.1, -0.05) is 28.9 Å². The van der Waals surface area contributed by atoms with Crippen molar-refractivity contribution < 1.29 is 23.4 Å². The van der Waals surface area contributed by atoms with Gasteiger partial charge in [-0.15, -0.1) is 5.10 Å². The summed E-state index contributed by atoms with van der Waals surface area (Å²) in [5.74, 6) is 1.52. The minimum absolute atomic E-state index is 0.0777. The average Bonchev–Trinajstić information content (AvgIpc) is 3.40. The number of rotatable bonds is 8. The summed E-state index contributed by atoms with van der Waals surface area (Å²) in [6.45, 7) is 5.83. The van der Waals surface area contributed by atoms with Gasteiger partial charge in [0.1, 0.15) is 29.6 Å². The van der Waals surface area contributed by atoms with Crippen LogP contribution in [0.3, 0.4) is 0 Å². The van der Waals surface area contributed by atoms with Gasteiger partial charge in [0, 0.05) is 0 Å². The highest BCUT2D eigenvalue weighted by molar-refractivity contribution is 6.32. The van der Waals surface area contributed by atoms with Crippen LogP contribution in [0.1, 0.15) is 34.6 Å². The summed E-state index contributed by atoms with van der Waals surface area (Å²) in [5, 5.41) is 8.47. The highest BCUT2D eigenvalue weighted by Gasteiger charge is 2.21. The summed E-state index contributed by atoms with van der Waals surface area (Å²) in [5.41, 5.74) is 2.47. The molecule has 10 heteroatoms. The van der Waals surface area contributed by atoms with Crippen LogP contribution in [0.2, 0.25) is 5.02 Å². The van der Waals surface area contributed by atoms with Gasteiger partial charge >= 0.3 is 5.97 Å². The Bertz CT molecular complexity index is 1330. The van der Waals surface area contributed by atoms with E-state index >= 15 is 0 Å². The average molecular weight is 483 g/mol. The van der Waals surface area contributed by atoms with Crippen LogP contribution in [-0.4, -0.2) is 39.7 Å². The fourth-order valence-electron chi connectivity index (χ4n) is 3.35. The quantitative estimate of drug-likeness (QED) is 0.325. The van der Waals surface area contributed by atoms with Crippen molar-refractivity contribution in [1.29, 1.82) is 0 Å². The van der Waals surface area contributed by atoms with Crippen LogP contribution in [-0.2, 0) is 11.3 Å². The number of methoxy groups -OCH3 is 1. The Balaban J connectivity index is 1.50. The van der Waals surface area contributed by atoms with Gasteiger partial charge in [-0.25, -0.2) is 14.5 Å². The van der Waals surface area contributed by atoms with E-state index in [1.165, 1.54) is 11.8 Å². The van der Waals surface area contributed by atoms with Crippen molar-refractivity contribution in [3.8, 4) is 28.6 Å². The molecule has 0 bridgehead atoms. The van der Waals surface area contributed by atoms with Crippen LogP contribution >= 0.6 is 11.6 Å². The summed E-state index contributed by atoms with van der Waals surface area (Å²) >= 11 is 6.21. The van der Waals surface area contributed by atoms with Crippen LogP contribution in [0.5, 0.6) is 11.5 Å². The van der Waals surface area contributed by atoms with Gasteiger partial charge in [-0.05, 0) is 51.1 Å². The molecule has 0 fully saturated rings. The van der Waals surface area contributed by atoms with Crippen LogP contribution in [0, 0.1) is 13.8 Å². The van der Waals surface area contributed by atoms with E-state index in [0.29, 0.717) is 51.9 Å². The van der Waals surface area contributed by atoms with Crippen LogP contribution in [0.25, 0.3) is 17.1 Å². The number of oxazole rings is 1. The lowest BCUT2D eigenvalue weighted by Gasteiger charge is -2.07. The number of ether oxygens (including phenoxy) is 3. The normalized spacial score (nSPS) is 10.9. The van der Waals surface area contributed by atoms with E-state index < -0.39 is 5.97 Å². The largest absolute Gasteiger partial charge is 0.495 e. The van der Waals surface area contributed by atoms with Gasteiger partial charge in [-0.2, -0.15) is 0 Å². The molecule has 0 N–H and O–H groups in total. The first-order valence-electron chi connectivity index (χ1n) is 10.5. The van der Waals surface area contributed by atoms with E-state index in [4.69, 9.17) is 30.2 Å². The summed E-state index contributed by atoms with van der Waals surface area (Å²) in [7, 11) is 1.53. The second-order valence-corrected chi connectivity index (χ2v) is 7.69. The van der Waals surface area contributed by atoms with E-state index in [2.05, 4.69) is 15.3 Å². The number of aromatic nitrogens is 4. The molecule has 0 spiro atoms. The van der Waals surface area contributed by atoms with Crippen LogP contribution in [0.15, 0.2) is 46.9 Å². The van der Waals surface area contributed by atoms with E-state index in [9.17, 15) is 4.79 Å². The van der Waals surface area contributed by atoms with Crippen molar-refractivity contribution in [2.24, 2.45) is 0 Å². The predicted octanol–water partition coefficient (Wildman–Crippen LogP) is 4.96. The first-order valence-corrected chi connectivity index (χ1v) is 10.9. The van der Waals surface area contributed by atoms with Gasteiger partial charge in [0.2, 0.25) is 5.89 Å². The molecule has 2 aromatic carbocycles. The third-order valence-corrected chi connectivity index (χ3v) is 5.41. The second kappa shape index (κ2) is 9.96. The number of aryl methyl sites for hydroxylation is 1. The standard InChI is InChI=1S/C24H23ClN4O5/c1-5-32-20-9-7-6-8-17(20)23-26-19(15(3)34-23)13-33-24(30)22-14(2)29(28-27-22)16-10-11-21(31-4)18(25)12-16/h6-12H,5,13H2,1-4H3. The molecule has 0 aliphatic carbocycles. The third-order valence-electron chi connectivity index (χ3n) is 5.12. The second-order valence-electron chi connectivity index (χ2n) is 7.28. The van der Waals surface area contributed by atoms with Gasteiger partial charge in [-0.3, -0.25) is 0 Å². The van der Waals surface area contributed by atoms with Crippen molar-refractivity contribution in [3.05, 3.63) is 70.3 Å². The van der Waals surface area contributed by atoms with E-state index in [1.54, 1.807) is 32.0 Å². The van der Waals surface area contributed by atoms with Crippen LogP contribution in [0.4, 0.5) is 0 Å². The Morgan fingerprint density at radius 1 is 1.15 bits per heavy atom. The number of esters is 1. The number of halogens is 1. The Kier molecular flexibility index (Phi) is 6.83. The topological polar surface area (TPSA) is 102 Å². The van der Waals surface area contributed by atoms with E-state index in [-0.39, 0.29) is 12.3 Å². The minimum Gasteiger partial charge on any atom is -0.495 e. The Hall–Kier alpha value is -3.85. The number of nitrogens with zero attached hydrogens (tertiary/aromatic N) is 4. The molecule has 0 saturated carbocycles. The van der Waals surface area contributed by atoms with Gasteiger partial charge in [0.25, 0.3) is 0 Å². The maximum atomic E-state index is 12.7. The molecule has 2 aromatic heterocycles. The highest BCUT2D eigenvalue weighted by atomic mass is 35.5. The lowest BCUT2D eigenvalue weighted by atomic mass is 10.2. The van der Waals surface area contributed by atoms with Crippen molar-refractivity contribution in [2.75, 3.05) is 13.7 Å². The van der Waals surface area contributed by atoms with Crippen molar-refractivity contribution in [1.82, 2.24) is 20.0 Å². The molecule has 0 aliphatic heterocycles. The molecule has 34 heavy (non-hydrogen) atoms. The molecule has 0 atom stereocenters. The number of benzene rings is 2. The number of para-hydroxylation sites is 1. The molecular formula is C24H23ClN4O5. The Morgan fingerprint density at radius 2 is 1.94 bits per heavy atom. The molecule has 0 saturated heterocycles. The maximum Gasteiger partial charge on any atom is 0.361 e. The fraction of sp³-hybridized carbons (Fsp3) is 0.250. The summed E-state index contributed by atoms with van der Waals surface area (Å²) in [6, 6.07) is 12.6. The summed E-state index contributed by atoms with van der Waals surface area (Å²) in [6.07, 6.45) is 0. The maximum absolute atomic E-state index is 12.7. The molecule has 0 unspecified atom stereocenters. The molecule has 0 radical (unpaired) electrons. The Morgan fingerprint density at radius 3 is 2.68 bits per heavy atom. The lowest BCUT2D eigenvalue weighted by molar-refractivity contribution is 0.0459. The smallest absolute Gasteiger partial charge is 0.361 e. The summed E-state index contributed by atoms with van der Waals surface area (Å²) in [4.78, 5) is 17.2. The minimum atomic E-state index is -0.623. The SMILES string of the molecule is CCOc1ccccc1-c1nc(COC(=O)c2nnn(-c3ccc(OC)c(Cl)c3)c2C)c(C)o1. The molecule has 176 valence electrons. The van der Waals surface area contributed by atoms with Crippen molar-refractivity contribution >= 4 is 17.6 Å². The molecule has 2 heterocycles. The van der Waals surface area contributed by atoms with E-state index in [0.717, 1.165) is 5.56 Å². The fourth-order valence-corrected chi connectivity index (χ4v) is 3.61. The van der Waals surface area contributed by atoms with Crippen molar-refractivity contribution in [2.45, 2.75) is 27.4 Å². The third kappa shape index (κ3) is 4.60. The first kappa shape index (κ1) is 23.3. The molecule has 9 nitrogen and oxygen atoms in total. The molecule has 0 amide bonds. The first-order chi connectivity index (χ1) is 16.4. The van der Waals surface area contributed by atoms with Gasteiger partial charge in [0.05, 0.1) is 35.7 Å². The molecule has 4 rings (SSSR count). The zero-order valence-corrected chi connectivity index (χ0v) is 19.9.